The van der Waals surface area contributed by atoms with E-state index >= 15 is 0 Å². The van der Waals surface area contributed by atoms with E-state index in [-0.39, 0.29) is 28.7 Å². The van der Waals surface area contributed by atoms with Crippen molar-refractivity contribution in [1.29, 1.82) is 21.0 Å². The summed E-state index contributed by atoms with van der Waals surface area (Å²) >= 11 is 0. The molecular weight excluding hydrogens is 192 g/mol. The monoisotopic (exact) mass is 196 g/mol. The van der Waals surface area contributed by atoms with Crippen LogP contribution >= 0.6 is 0 Å². The average molecular weight is 196 g/mol. The Kier molecular flexibility index (Phi) is 2.85. The molecule has 0 amide bonds. The van der Waals surface area contributed by atoms with Gasteiger partial charge in [-0.25, -0.2) is 0 Å². The quantitative estimate of drug-likeness (QED) is 0.603. The van der Waals surface area contributed by atoms with Crippen LogP contribution in [0.1, 0.15) is 6.42 Å². The molecule has 1 rings (SSSR count). The summed E-state index contributed by atoms with van der Waals surface area (Å²) < 4.78 is 0. The maximum atomic E-state index is 9.57. The summed E-state index contributed by atoms with van der Waals surface area (Å²) in [5.41, 5.74) is -0.206. The van der Waals surface area contributed by atoms with E-state index in [1.807, 2.05) is 0 Å². The van der Waals surface area contributed by atoms with Crippen molar-refractivity contribution < 1.29 is 5.11 Å². The molecule has 0 aromatic heterocycles. The lowest BCUT2D eigenvalue weighted by Crippen LogP contribution is -2.19. The normalized spacial score (nSPS) is 16.3. The van der Waals surface area contributed by atoms with Crippen LogP contribution in [0.2, 0.25) is 0 Å². The third-order valence-electron chi connectivity index (χ3n) is 2.06. The fourth-order valence-corrected chi connectivity index (χ4v) is 1.30. The van der Waals surface area contributed by atoms with Crippen LogP contribution in [0, 0.1) is 45.3 Å². The number of rotatable bonds is 0. The van der Waals surface area contributed by atoms with Crippen LogP contribution in [0.4, 0.5) is 0 Å². The second-order valence-corrected chi connectivity index (χ2v) is 2.81. The Bertz CT molecular complexity index is 480. The van der Waals surface area contributed by atoms with E-state index in [9.17, 15) is 5.11 Å². The Morgan fingerprint density at radius 3 is 1.53 bits per heavy atom. The largest absolute Gasteiger partial charge is 0.382 e. The zero-order chi connectivity index (χ0) is 11.4. The second-order valence-electron chi connectivity index (χ2n) is 2.81. The van der Waals surface area contributed by atoms with E-state index in [0.29, 0.717) is 0 Å². The van der Waals surface area contributed by atoms with Crippen LogP contribution in [-0.2, 0) is 0 Å². The van der Waals surface area contributed by atoms with E-state index < -0.39 is 6.10 Å². The van der Waals surface area contributed by atoms with Crippen molar-refractivity contribution in [2.75, 3.05) is 0 Å². The van der Waals surface area contributed by atoms with Crippen LogP contribution in [0.5, 0.6) is 0 Å². The molecule has 0 fully saturated rings. The average Bonchev–Trinajstić information content (AvgIpc) is 2.27. The standard InChI is InChI=1S/C10H4N4O/c11-2-6-1-7(3-12)9(5-14)10(15)8(6)4-13/h10,15H,1H2. The van der Waals surface area contributed by atoms with Gasteiger partial charge >= 0.3 is 0 Å². The number of nitrogens with zero attached hydrogens (tertiary/aromatic N) is 4. The van der Waals surface area contributed by atoms with Gasteiger partial charge in [-0.05, 0) is 0 Å². The van der Waals surface area contributed by atoms with Crippen molar-refractivity contribution in [2.24, 2.45) is 0 Å². The van der Waals surface area contributed by atoms with Crippen molar-refractivity contribution in [2.45, 2.75) is 12.5 Å². The van der Waals surface area contributed by atoms with Crippen molar-refractivity contribution in [1.82, 2.24) is 0 Å². The summed E-state index contributed by atoms with van der Waals surface area (Å²) in [6.45, 7) is 0. The minimum atomic E-state index is -1.45. The molecule has 5 heteroatoms. The molecule has 0 aromatic rings. The molecule has 1 N–H and O–H groups in total. The highest BCUT2D eigenvalue weighted by atomic mass is 16.3. The van der Waals surface area contributed by atoms with Gasteiger partial charge in [-0.3, -0.25) is 0 Å². The van der Waals surface area contributed by atoms with Gasteiger partial charge in [-0.15, -0.1) is 0 Å². The van der Waals surface area contributed by atoms with E-state index in [4.69, 9.17) is 21.0 Å². The van der Waals surface area contributed by atoms with Gasteiger partial charge in [0.15, 0.2) is 0 Å². The SMILES string of the molecule is N#CC1=C(C#N)C(O)C(C#N)=C(C#N)C1. The van der Waals surface area contributed by atoms with E-state index in [1.54, 1.807) is 24.3 Å². The molecule has 0 unspecified atom stereocenters. The van der Waals surface area contributed by atoms with Crippen LogP contribution in [-0.4, -0.2) is 11.2 Å². The van der Waals surface area contributed by atoms with Crippen molar-refractivity contribution in [3.8, 4) is 24.3 Å². The van der Waals surface area contributed by atoms with Gasteiger partial charge in [-0.1, -0.05) is 0 Å². The molecule has 0 aromatic carbocycles. The van der Waals surface area contributed by atoms with Crippen LogP contribution in [0.25, 0.3) is 0 Å². The first-order chi connectivity index (χ1) is 7.19. The third kappa shape index (κ3) is 1.56. The van der Waals surface area contributed by atoms with Gasteiger partial charge in [0.1, 0.15) is 6.10 Å². The minimum absolute atomic E-state index is 0.0422. The number of aliphatic hydroxyl groups excluding tert-OH is 1. The van der Waals surface area contributed by atoms with E-state index in [2.05, 4.69) is 0 Å². The molecule has 0 spiro atoms. The lowest BCUT2D eigenvalue weighted by Gasteiger charge is -2.16. The Labute approximate surface area is 86.0 Å². The molecule has 0 radical (unpaired) electrons. The molecule has 70 valence electrons. The predicted molar refractivity (Wildman–Crippen MR) is 47.1 cm³/mol. The Morgan fingerprint density at radius 2 is 1.27 bits per heavy atom. The summed E-state index contributed by atoms with van der Waals surface area (Å²) in [4.78, 5) is 0. The molecular formula is C10H4N4O. The summed E-state index contributed by atoms with van der Waals surface area (Å²) in [6.07, 6.45) is -1.51. The van der Waals surface area contributed by atoms with Gasteiger partial charge in [0.25, 0.3) is 0 Å². The van der Waals surface area contributed by atoms with E-state index in [1.165, 1.54) is 0 Å². The van der Waals surface area contributed by atoms with Crippen molar-refractivity contribution in [3.05, 3.63) is 22.3 Å². The summed E-state index contributed by atoms with van der Waals surface area (Å²) in [7, 11) is 0. The summed E-state index contributed by atoms with van der Waals surface area (Å²) in [6, 6.07) is 6.85. The van der Waals surface area contributed by atoms with E-state index in [0.717, 1.165) is 0 Å². The van der Waals surface area contributed by atoms with Gasteiger partial charge in [0.2, 0.25) is 0 Å². The summed E-state index contributed by atoms with van der Waals surface area (Å²) in [5, 5.41) is 44.4. The van der Waals surface area contributed by atoms with Crippen LogP contribution in [0.3, 0.4) is 0 Å². The van der Waals surface area contributed by atoms with Gasteiger partial charge < -0.3 is 5.11 Å². The molecule has 0 aliphatic heterocycles. The molecule has 15 heavy (non-hydrogen) atoms. The number of aliphatic hydroxyl groups is 1. The lowest BCUT2D eigenvalue weighted by atomic mass is 9.86. The minimum Gasteiger partial charge on any atom is -0.382 e. The smallest absolute Gasteiger partial charge is 0.126 e. The van der Waals surface area contributed by atoms with Gasteiger partial charge in [0.05, 0.1) is 46.6 Å². The predicted octanol–water partition coefficient (Wildman–Crippen LogP) is 0.439. The number of hydrogen-bond acceptors (Lipinski definition) is 5. The molecule has 1 aliphatic rings. The summed E-state index contributed by atoms with van der Waals surface area (Å²) in [5.74, 6) is 0. The maximum Gasteiger partial charge on any atom is 0.126 e. The second kappa shape index (κ2) is 4.07. The van der Waals surface area contributed by atoms with Crippen molar-refractivity contribution in [3.63, 3.8) is 0 Å². The Balaban J connectivity index is 3.36. The number of allylic oxidation sites excluding steroid dienone is 2. The zero-order valence-electron chi connectivity index (χ0n) is 7.52. The fourth-order valence-electron chi connectivity index (χ4n) is 1.30. The molecule has 0 atom stereocenters. The third-order valence-corrected chi connectivity index (χ3v) is 2.06. The maximum absolute atomic E-state index is 9.57. The molecule has 0 saturated heterocycles. The number of nitriles is 4. The lowest BCUT2D eigenvalue weighted by molar-refractivity contribution is 0.252. The zero-order valence-corrected chi connectivity index (χ0v) is 7.52. The molecule has 1 aliphatic carbocycles. The van der Waals surface area contributed by atoms with Gasteiger partial charge in [-0.2, -0.15) is 21.0 Å². The fraction of sp³-hybridized carbons (Fsp3) is 0.200. The highest BCUT2D eigenvalue weighted by molar-refractivity contribution is 5.57. The highest BCUT2D eigenvalue weighted by Crippen LogP contribution is 2.29. The first-order valence-corrected chi connectivity index (χ1v) is 3.94. The Morgan fingerprint density at radius 1 is 0.867 bits per heavy atom. The molecule has 0 bridgehead atoms. The van der Waals surface area contributed by atoms with Crippen LogP contribution < -0.4 is 0 Å². The van der Waals surface area contributed by atoms with Crippen LogP contribution in [0.15, 0.2) is 22.3 Å². The first-order valence-electron chi connectivity index (χ1n) is 3.94. The Hall–Kier alpha value is -2.60. The molecule has 0 heterocycles. The number of hydrogen-bond donors (Lipinski definition) is 1. The van der Waals surface area contributed by atoms with Crippen molar-refractivity contribution >= 4 is 0 Å². The first kappa shape index (κ1) is 10.5. The van der Waals surface area contributed by atoms with Gasteiger partial charge in [0, 0.05) is 6.42 Å². The molecule has 5 nitrogen and oxygen atoms in total. The highest BCUT2D eigenvalue weighted by Gasteiger charge is 2.29. The topological polar surface area (TPSA) is 115 Å². The molecule has 0 saturated carbocycles.